The van der Waals surface area contributed by atoms with Crippen LogP contribution in [-0.4, -0.2) is 17.6 Å². The number of aromatic nitrogens is 1. The van der Waals surface area contributed by atoms with Crippen LogP contribution in [0, 0.1) is 6.92 Å². The van der Waals surface area contributed by atoms with Crippen LogP contribution < -0.4 is 4.74 Å². The zero-order valence-corrected chi connectivity index (χ0v) is 12.0. The summed E-state index contributed by atoms with van der Waals surface area (Å²) in [6, 6.07) is 8.61. The molecule has 0 atom stereocenters. The number of benzene rings is 1. The van der Waals surface area contributed by atoms with E-state index in [0.717, 1.165) is 5.56 Å². The lowest BCUT2D eigenvalue weighted by atomic mass is 10.2. The Morgan fingerprint density at radius 1 is 1.30 bits per heavy atom. The van der Waals surface area contributed by atoms with Gasteiger partial charge in [0.25, 0.3) is 0 Å². The van der Waals surface area contributed by atoms with Crippen LogP contribution in [0.15, 0.2) is 36.5 Å². The van der Waals surface area contributed by atoms with Crippen molar-refractivity contribution in [2.45, 2.75) is 13.8 Å². The van der Waals surface area contributed by atoms with Crippen molar-refractivity contribution in [2.75, 3.05) is 6.61 Å². The number of hydrogen-bond donors (Lipinski definition) is 0. The molecule has 104 valence electrons. The molecule has 0 N–H and O–H groups in total. The van der Waals surface area contributed by atoms with E-state index in [-0.39, 0.29) is 0 Å². The van der Waals surface area contributed by atoms with Gasteiger partial charge in [-0.15, -0.1) is 0 Å². The second-order valence-corrected chi connectivity index (χ2v) is 4.55. The standard InChI is InChI=1S/C15H14ClNO3/c1-3-19-15(18)11-5-7-14(17-9-11)20-13-8-12(16)6-4-10(13)2/h4-9H,3H2,1-2H3. The number of ether oxygens (including phenoxy) is 2. The van der Waals surface area contributed by atoms with Crippen LogP contribution in [0.2, 0.25) is 5.02 Å². The average molecular weight is 292 g/mol. The van der Waals surface area contributed by atoms with Crippen molar-refractivity contribution in [3.05, 3.63) is 52.7 Å². The summed E-state index contributed by atoms with van der Waals surface area (Å²) < 4.78 is 10.5. The predicted octanol–water partition coefficient (Wildman–Crippen LogP) is 4.01. The van der Waals surface area contributed by atoms with E-state index in [1.54, 1.807) is 31.2 Å². The molecule has 0 aliphatic rings. The fourth-order valence-corrected chi connectivity index (χ4v) is 1.73. The number of rotatable bonds is 4. The highest BCUT2D eigenvalue weighted by molar-refractivity contribution is 6.30. The Kier molecular flexibility index (Phi) is 4.58. The molecule has 1 aromatic carbocycles. The number of halogens is 1. The Hall–Kier alpha value is -2.07. The molecule has 2 rings (SSSR count). The molecular weight excluding hydrogens is 278 g/mol. The molecule has 2 aromatic rings. The molecule has 5 heteroatoms. The highest BCUT2D eigenvalue weighted by atomic mass is 35.5. The first-order valence-corrected chi connectivity index (χ1v) is 6.55. The van der Waals surface area contributed by atoms with Crippen LogP contribution in [0.5, 0.6) is 11.6 Å². The minimum atomic E-state index is -0.398. The third-order valence-corrected chi connectivity index (χ3v) is 2.85. The average Bonchev–Trinajstić information content (AvgIpc) is 2.44. The Labute approximate surface area is 122 Å². The second kappa shape index (κ2) is 6.39. The molecule has 20 heavy (non-hydrogen) atoms. The van der Waals surface area contributed by atoms with Crippen LogP contribution in [-0.2, 0) is 4.74 Å². The van der Waals surface area contributed by atoms with Crippen molar-refractivity contribution in [3.8, 4) is 11.6 Å². The second-order valence-electron chi connectivity index (χ2n) is 4.12. The molecule has 1 aromatic heterocycles. The first-order valence-electron chi connectivity index (χ1n) is 6.17. The largest absolute Gasteiger partial charge is 0.462 e. The summed E-state index contributed by atoms with van der Waals surface area (Å²) in [4.78, 5) is 15.6. The van der Waals surface area contributed by atoms with E-state index in [1.807, 2.05) is 13.0 Å². The fraction of sp³-hybridized carbons (Fsp3) is 0.200. The number of aryl methyl sites for hydroxylation is 1. The van der Waals surface area contributed by atoms with E-state index in [0.29, 0.717) is 28.8 Å². The molecule has 0 radical (unpaired) electrons. The van der Waals surface area contributed by atoms with Gasteiger partial charge in [0.1, 0.15) is 5.75 Å². The molecule has 0 aliphatic heterocycles. The van der Waals surface area contributed by atoms with Crippen molar-refractivity contribution < 1.29 is 14.3 Å². The van der Waals surface area contributed by atoms with Crippen molar-refractivity contribution in [1.29, 1.82) is 0 Å². The van der Waals surface area contributed by atoms with E-state index in [1.165, 1.54) is 6.20 Å². The van der Waals surface area contributed by atoms with E-state index in [4.69, 9.17) is 21.1 Å². The maximum absolute atomic E-state index is 11.5. The van der Waals surface area contributed by atoms with E-state index in [9.17, 15) is 4.79 Å². The van der Waals surface area contributed by atoms with Crippen molar-refractivity contribution >= 4 is 17.6 Å². The van der Waals surface area contributed by atoms with Crippen LogP contribution in [0.3, 0.4) is 0 Å². The molecule has 4 nitrogen and oxygen atoms in total. The summed E-state index contributed by atoms with van der Waals surface area (Å²) in [5.41, 5.74) is 1.34. The van der Waals surface area contributed by atoms with Gasteiger partial charge in [0.05, 0.1) is 12.2 Å². The number of pyridine rings is 1. The molecule has 0 aliphatic carbocycles. The molecule has 0 bridgehead atoms. The number of nitrogens with zero attached hydrogens (tertiary/aromatic N) is 1. The summed E-state index contributed by atoms with van der Waals surface area (Å²) in [5.74, 6) is 0.628. The predicted molar refractivity (Wildman–Crippen MR) is 76.5 cm³/mol. The summed E-state index contributed by atoms with van der Waals surface area (Å²) in [7, 11) is 0. The topological polar surface area (TPSA) is 48.4 Å². The normalized spacial score (nSPS) is 10.2. The molecule has 0 unspecified atom stereocenters. The molecule has 1 heterocycles. The van der Waals surface area contributed by atoms with Crippen LogP contribution in [0.1, 0.15) is 22.8 Å². The van der Waals surface area contributed by atoms with Gasteiger partial charge in [-0.2, -0.15) is 0 Å². The zero-order chi connectivity index (χ0) is 14.5. The SMILES string of the molecule is CCOC(=O)c1ccc(Oc2cc(Cl)ccc2C)nc1. The Morgan fingerprint density at radius 3 is 2.75 bits per heavy atom. The first-order chi connectivity index (χ1) is 9.60. The van der Waals surface area contributed by atoms with Gasteiger partial charge in [-0.05, 0) is 37.6 Å². The van der Waals surface area contributed by atoms with E-state index in [2.05, 4.69) is 4.98 Å². The van der Waals surface area contributed by atoms with Gasteiger partial charge in [-0.3, -0.25) is 0 Å². The summed E-state index contributed by atoms with van der Waals surface area (Å²) >= 11 is 5.92. The smallest absolute Gasteiger partial charge is 0.339 e. The molecular formula is C15H14ClNO3. The molecule has 0 saturated heterocycles. The summed E-state index contributed by atoms with van der Waals surface area (Å²) in [6.07, 6.45) is 1.42. The molecule has 0 saturated carbocycles. The third-order valence-electron chi connectivity index (χ3n) is 2.61. The number of carbonyl (C=O) groups is 1. The van der Waals surface area contributed by atoms with Gasteiger partial charge in [0.15, 0.2) is 0 Å². The Bertz CT molecular complexity index is 611. The van der Waals surface area contributed by atoms with Crippen molar-refractivity contribution in [1.82, 2.24) is 4.98 Å². The van der Waals surface area contributed by atoms with Crippen LogP contribution >= 0.6 is 11.6 Å². The lowest BCUT2D eigenvalue weighted by molar-refractivity contribution is 0.0526. The Balaban J connectivity index is 2.14. The lowest BCUT2D eigenvalue weighted by Crippen LogP contribution is -2.05. The van der Waals surface area contributed by atoms with Crippen LogP contribution in [0.4, 0.5) is 0 Å². The van der Waals surface area contributed by atoms with Gasteiger partial charge in [0.2, 0.25) is 5.88 Å². The number of esters is 1. The van der Waals surface area contributed by atoms with Crippen molar-refractivity contribution in [2.24, 2.45) is 0 Å². The maximum Gasteiger partial charge on any atom is 0.339 e. The monoisotopic (exact) mass is 291 g/mol. The summed E-state index contributed by atoms with van der Waals surface area (Å²) in [5, 5.41) is 0.591. The van der Waals surface area contributed by atoms with Crippen LogP contribution in [0.25, 0.3) is 0 Å². The minimum absolute atomic E-state index is 0.332. The fourth-order valence-electron chi connectivity index (χ4n) is 1.57. The van der Waals surface area contributed by atoms with E-state index >= 15 is 0 Å². The summed E-state index contributed by atoms with van der Waals surface area (Å²) in [6.45, 7) is 4.00. The van der Waals surface area contributed by atoms with Crippen molar-refractivity contribution in [3.63, 3.8) is 0 Å². The quantitative estimate of drug-likeness (QED) is 0.799. The van der Waals surface area contributed by atoms with Gasteiger partial charge in [-0.1, -0.05) is 17.7 Å². The van der Waals surface area contributed by atoms with Gasteiger partial charge in [0, 0.05) is 17.3 Å². The lowest BCUT2D eigenvalue weighted by Gasteiger charge is -2.08. The third kappa shape index (κ3) is 3.48. The van der Waals surface area contributed by atoms with Gasteiger partial charge >= 0.3 is 5.97 Å². The van der Waals surface area contributed by atoms with Gasteiger partial charge < -0.3 is 9.47 Å². The van der Waals surface area contributed by atoms with Gasteiger partial charge in [-0.25, -0.2) is 9.78 Å². The molecule has 0 fully saturated rings. The van der Waals surface area contributed by atoms with E-state index < -0.39 is 5.97 Å². The number of carbonyl (C=O) groups excluding carboxylic acids is 1. The highest BCUT2D eigenvalue weighted by Crippen LogP contribution is 2.26. The molecule has 0 spiro atoms. The Morgan fingerprint density at radius 2 is 2.10 bits per heavy atom. The molecule has 0 amide bonds. The number of hydrogen-bond acceptors (Lipinski definition) is 4. The highest BCUT2D eigenvalue weighted by Gasteiger charge is 2.08. The maximum atomic E-state index is 11.5. The minimum Gasteiger partial charge on any atom is -0.462 e. The first kappa shape index (κ1) is 14.3. The zero-order valence-electron chi connectivity index (χ0n) is 11.2.